The first kappa shape index (κ1) is 68.0. The van der Waals surface area contributed by atoms with Gasteiger partial charge in [0.15, 0.2) is 17.3 Å². The summed E-state index contributed by atoms with van der Waals surface area (Å²) in [6, 6.07) is 28.9. The van der Waals surface area contributed by atoms with Crippen LogP contribution in [-0.2, 0) is 61.7 Å². The van der Waals surface area contributed by atoms with Gasteiger partial charge in [-0.25, -0.2) is 9.59 Å². The molecule has 5 aromatic carbocycles. The van der Waals surface area contributed by atoms with Crippen molar-refractivity contribution in [1.29, 1.82) is 0 Å². The zero-order valence-electron chi connectivity index (χ0n) is 50.1. The van der Waals surface area contributed by atoms with E-state index < -0.39 is 97.5 Å². The number of amides is 3. The number of ether oxygens (including phenoxy) is 7. The second kappa shape index (κ2) is 29.4. The molecule has 28 heteroatoms. The first-order chi connectivity index (χ1) is 42.8. The van der Waals surface area contributed by atoms with Gasteiger partial charge in [-0.2, -0.15) is 0 Å². The van der Waals surface area contributed by atoms with E-state index in [0.29, 0.717) is 59.2 Å². The van der Waals surface area contributed by atoms with E-state index in [1.807, 2.05) is 21.1 Å². The number of methoxy groups -OCH3 is 2. The highest BCUT2D eigenvalue weighted by Gasteiger charge is 2.78. The Labute approximate surface area is 518 Å². The highest BCUT2D eigenvalue weighted by Crippen LogP contribution is 2.70. The molecule has 2 fully saturated rings. The number of quaternary nitrogens is 1. The Bertz CT molecular complexity index is 3370. The van der Waals surface area contributed by atoms with Crippen molar-refractivity contribution in [3.8, 4) is 28.7 Å². The number of nitrogens with zero attached hydrogens (tertiary/aromatic N) is 1. The van der Waals surface area contributed by atoms with Crippen molar-refractivity contribution in [2.75, 3.05) is 80.1 Å². The van der Waals surface area contributed by atoms with Crippen molar-refractivity contribution in [1.82, 2.24) is 10.6 Å². The average Bonchev–Trinajstić information content (AvgIpc) is 2.12. The summed E-state index contributed by atoms with van der Waals surface area (Å²) in [6.07, 6.45) is -11.2. The van der Waals surface area contributed by atoms with E-state index in [0.717, 1.165) is 5.56 Å². The maximum Gasteiger partial charge on any atom is 0.407 e. The van der Waals surface area contributed by atoms with E-state index in [9.17, 15) is 69.2 Å². The minimum Gasteiger partial charge on any atom is -0.756 e. The fourth-order valence-electron chi connectivity index (χ4n) is 11.0. The van der Waals surface area contributed by atoms with Gasteiger partial charge in [-0.1, -0.05) is 60.7 Å². The van der Waals surface area contributed by atoms with Crippen LogP contribution in [-0.4, -0.2) is 182 Å². The Balaban J connectivity index is 0.846. The topological polar surface area (TPSA) is 386 Å². The molecule has 2 heterocycles. The number of aliphatic carboxylic acids is 2. The maximum atomic E-state index is 13.4. The largest absolute Gasteiger partial charge is 0.756 e. The van der Waals surface area contributed by atoms with Crippen molar-refractivity contribution in [2.24, 2.45) is 5.92 Å². The molecule has 10 N–H and O–H groups in total. The predicted octanol–water partition coefficient (Wildman–Crippen LogP) is 3.29. The summed E-state index contributed by atoms with van der Waals surface area (Å²) >= 11 is 0. The summed E-state index contributed by atoms with van der Waals surface area (Å²) in [4.78, 5) is 76.3. The Morgan fingerprint density at radius 3 is 2.09 bits per heavy atom. The summed E-state index contributed by atoms with van der Waals surface area (Å²) in [5.74, 6) is -6.08. The second-order valence-corrected chi connectivity index (χ2v) is 24.2. The molecule has 486 valence electrons. The van der Waals surface area contributed by atoms with E-state index in [4.69, 9.17) is 42.2 Å². The molecule has 1 saturated heterocycles. The van der Waals surface area contributed by atoms with Crippen LogP contribution in [0.1, 0.15) is 69.8 Å². The first-order valence-electron chi connectivity index (χ1n) is 28.9. The number of anilines is 1. The van der Waals surface area contributed by atoms with Crippen LogP contribution in [0.3, 0.4) is 0 Å². The molecule has 27 nitrogen and oxygen atoms in total. The molecular formula is C62H75N4O23P. The van der Waals surface area contributed by atoms with E-state index in [1.165, 1.54) is 44.6 Å². The number of benzene rings is 5. The Kier molecular flexibility index (Phi) is 22.2. The van der Waals surface area contributed by atoms with Gasteiger partial charge in [-0.05, 0) is 84.3 Å². The van der Waals surface area contributed by atoms with Crippen molar-refractivity contribution in [3.05, 3.63) is 143 Å². The number of alkyl carbamates (subject to hydrolysis) is 1. The van der Waals surface area contributed by atoms with Gasteiger partial charge in [0, 0.05) is 43.1 Å². The molecule has 0 radical (unpaired) electrons. The van der Waals surface area contributed by atoms with E-state index >= 15 is 0 Å². The van der Waals surface area contributed by atoms with Crippen LogP contribution in [0, 0.1) is 5.92 Å². The minimum absolute atomic E-state index is 0.0132. The molecule has 1 unspecified atom stereocenters. The number of hydrogen-bond acceptors (Lipinski definition) is 21. The van der Waals surface area contributed by atoms with Crippen LogP contribution < -0.4 is 44.5 Å². The smallest absolute Gasteiger partial charge is 0.407 e. The number of nitrogens with one attached hydrogen (secondary N) is 3. The molecule has 11 atom stereocenters. The zero-order chi connectivity index (χ0) is 65.1. The fourth-order valence-corrected chi connectivity index (χ4v) is 11.8. The van der Waals surface area contributed by atoms with Crippen LogP contribution in [0.2, 0.25) is 0 Å². The second-order valence-electron chi connectivity index (χ2n) is 22.8. The van der Waals surface area contributed by atoms with E-state index in [1.54, 1.807) is 78.9 Å². The van der Waals surface area contributed by atoms with Crippen LogP contribution in [0.25, 0.3) is 0 Å². The van der Waals surface area contributed by atoms with Crippen LogP contribution in [0.4, 0.5) is 10.5 Å². The van der Waals surface area contributed by atoms with Crippen molar-refractivity contribution >= 4 is 43.4 Å². The first-order valence-corrected chi connectivity index (χ1v) is 30.3. The van der Waals surface area contributed by atoms with Gasteiger partial charge in [-0.3, -0.25) is 18.9 Å². The Morgan fingerprint density at radius 2 is 1.42 bits per heavy atom. The van der Waals surface area contributed by atoms with Crippen LogP contribution >= 0.6 is 7.82 Å². The van der Waals surface area contributed by atoms with Crippen molar-refractivity contribution in [3.63, 3.8) is 0 Å². The van der Waals surface area contributed by atoms with Gasteiger partial charge in [0.1, 0.15) is 72.9 Å². The van der Waals surface area contributed by atoms with Gasteiger partial charge in [-0.15, -0.1) is 0 Å². The SMILES string of the molecule is COc1ccc([C@@]23Oc4cc(OCCCCNC(=O)OCc5ccc(O[C@@H]6O[C@H](C(=O)O)[C@@H](O)[C@H](O)[C@H]6O)c(NC(=O)CCNC(=O)c6ccc(CCCOP(=O)([O-])OCC[N+](C)(C)C)cc6)c5)cc(OC)c4[C@]2(O)[C@H](O)[C@H](C(=O)O)[C@H]3c2ccccc2)cc1. The van der Waals surface area contributed by atoms with Gasteiger partial charge in [0.05, 0.1) is 65.7 Å². The molecule has 1 saturated carbocycles. The number of likely N-dealkylation sites (N-methyl/N-ethyl adjacent to an activating group) is 1. The molecule has 8 rings (SSSR count). The number of phosphoric acid groups is 1. The van der Waals surface area contributed by atoms with Gasteiger partial charge in [0.25, 0.3) is 13.7 Å². The maximum absolute atomic E-state index is 13.4. The van der Waals surface area contributed by atoms with Gasteiger partial charge < -0.3 is 103 Å². The molecule has 0 bridgehead atoms. The third-order valence-electron chi connectivity index (χ3n) is 15.6. The van der Waals surface area contributed by atoms with Crippen LogP contribution in [0.5, 0.6) is 28.7 Å². The zero-order valence-corrected chi connectivity index (χ0v) is 50.9. The fraction of sp³-hybridized carbons (Fsp3) is 0.435. The molecule has 0 spiro atoms. The number of phosphoric ester groups is 1. The summed E-state index contributed by atoms with van der Waals surface area (Å²) < 4.78 is 63.1. The predicted molar refractivity (Wildman–Crippen MR) is 316 cm³/mol. The number of carboxylic acids is 2. The lowest BCUT2D eigenvalue weighted by Crippen LogP contribution is -2.61. The third kappa shape index (κ3) is 15.6. The molecule has 3 aliphatic rings. The highest BCUT2D eigenvalue weighted by molar-refractivity contribution is 7.45. The van der Waals surface area contributed by atoms with Crippen molar-refractivity contribution in [2.45, 2.75) is 92.6 Å². The summed E-state index contributed by atoms with van der Waals surface area (Å²) in [6.45, 7) is 0.126. The number of fused-ring (bicyclic) bond motifs is 3. The van der Waals surface area contributed by atoms with Gasteiger partial charge in [0.2, 0.25) is 12.2 Å². The van der Waals surface area contributed by atoms with Crippen LogP contribution in [0.15, 0.2) is 109 Å². The molecule has 0 aromatic heterocycles. The van der Waals surface area contributed by atoms with Crippen molar-refractivity contribution < 1.29 is 116 Å². The number of aryl methyl sites for hydroxylation is 1. The molecule has 5 aromatic rings. The monoisotopic (exact) mass is 1270 g/mol. The highest BCUT2D eigenvalue weighted by atomic mass is 31.2. The normalized spacial score (nSPS) is 24.0. The number of carbonyl (C=O) groups is 5. The molecular weight excluding hydrogens is 1200 g/mol. The van der Waals surface area contributed by atoms with E-state index in [2.05, 4.69) is 16.0 Å². The number of carboxylic acid groups (broad SMARTS) is 2. The standard InChI is InChI=1S/C62H75N4O23P/c1-66(2,3)28-31-86-90(79,80)85-30-11-12-36-15-18-39(19-16-36)56(72)63-27-25-47(67)65-43-32-37(17-24-44(43)87-59-53(70)51(68)52(69)54(88-59)58(75)76)35-84-60(77)64-26-9-10-29-83-42-33-45(82-5)50-46(34-42)89-62(40-20-22-41(81-4)23-21-40)49(38-13-7-6-8-14-38)48(57(73)74)55(71)61(50,62)78/h6-8,13-24,32-34,48-49,51-55,59,68-71,78H,9-12,25-31,35H2,1-5H3,(H5-,63,64,65,67,72,73,74,75,76,77,79,80)/t48-,49-,51+,52+,53-,54+,55-,59-,61+,62+/m1/s1. The number of rotatable bonds is 30. The third-order valence-corrected chi connectivity index (χ3v) is 16.6. The molecule has 1 aliphatic carbocycles. The summed E-state index contributed by atoms with van der Waals surface area (Å²) in [5.41, 5.74) is -2.02. The minimum atomic E-state index is -4.46. The summed E-state index contributed by atoms with van der Waals surface area (Å²) in [7, 11) is 4.09. The lowest BCUT2D eigenvalue weighted by Gasteiger charge is -2.40. The lowest BCUT2D eigenvalue weighted by atomic mass is 9.70. The van der Waals surface area contributed by atoms with Gasteiger partial charge >= 0.3 is 18.0 Å². The molecule has 2 aliphatic heterocycles. The Morgan fingerprint density at radius 1 is 0.722 bits per heavy atom. The number of aliphatic hydroxyl groups excluding tert-OH is 4. The molecule has 3 amide bonds. The molecule has 90 heavy (non-hydrogen) atoms. The van der Waals surface area contributed by atoms with E-state index in [-0.39, 0.29) is 85.8 Å². The lowest BCUT2D eigenvalue weighted by molar-refractivity contribution is -0.870. The summed E-state index contributed by atoms with van der Waals surface area (Å²) in [5, 5.41) is 84.6. The number of unbranched alkanes of at least 4 members (excludes halogenated alkanes) is 1. The number of carbonyl (C=O) groups excluding carboxylic acids is 3. The number of aliphatic hydroxyl groups is 5. The Hall–Kier alpha value is -7.92. The number of hydrogen-bond donors (Lipinski definition) is 10. The quantitative estimate of drug-likeness (QED) is 0.0179. The average molecular weight is 1280 g/mol.